The number of aliphatic hydroxyl groups is 1. The average Bonchev–Trinajstić information content (AvgIpc) is 2.85. The maximum atomic E-state index is 13.1. The second-order valence-electron chi connectivity index (χ2n) is 5.81. The van der Waals surface area contributed by atoms with Crippen LogP contribution in [0.4, 0.5) is 5.69 Å². The van der Waals surface area contributed by atoms with Crippen LogP contribution in [0.15, 0.2) is 54.2 Å². The van der Waals surface area contributed by atoms with Gasteiger partial charge in [0.15, 0.2) is 0 Å². The third-order valence-corrected chi connectivity index (χ3v) is 4.48. The molecule has 2 amide bonds. The van der Waals surface area contributed by atoms with Crippen molar-refractivity contribution in [2.24, 2.45) is 0 Å². The summed E-state index contributed by atoms with van der Waals surface area (Å²) < 4.78 is 0. The van der Waals surface area contributed by atoms with Gasteiger partial charge in [-0.25, -0.2) is 4.90 Å². The van der Waals surface area contributed by atoms with Crippen LogP contribution >= 0.6 is 23.2 Å². The Labute approximate surface area is 161 Å². The summed E-state index contributed by atoms with van der Waals surface area (Å²) >= 11 is 12.1. The summed E-state index contributed by atoms with van der Waals surface area (Å²) in [5.74, 6) is -0.942. The zero-order valence-electron chi connectivity index (χ0n) is 13.9. The number of carbonyl (C=O) groups is 2. The standard InChI is InChI=1S/C19H16Cl2N2O3/c1-22(7-8-24)17-16(12-5-3-2-4-6-12)18(25)23(19(17)26)15-10-13(20)9-14(21)11-15/h2-6,9-11,24H,7-8H2,1H3. The lowest BCUT2D eigenvalue weighted by Crippen LogP contribution is -2.34. The number of likely N-dealkylation sites (N-methyl/N-ethyl adjacent to an activating group) is 1. The molecule has 26 heavy (non-hydrogen) atoms. The molecule has 1 aliphatic heterocycles. The smallest absolute Gasteiger partial charge is 0.282 e. The number of carbonyl (C=O) groups excluding carboxylic acids is 2. The van der Waals surface area contributed by atoms with Crippen LogP contribution in [0.25, 0.3) is 5.57 Å². The Morgan fingerprint density at radius 3 is 2.19 bits per heavy atom. The molecule has 0 aromatic heterocycles. The van der Waals surface area contributed by atoms with Crippen molar-refractivity contribution in [2.75, 3.05) is 25.1 Å². The van der Waals surface area contributed by atoms with Gasteiger partial charge >= 0.3 is 0 Å². The molecular formula is C19H16Cl2N2O3. The first-order chi connectivity index (χ1) is 12.4. The van der Waals surface area contributed by atoms with Crippen LogP contribution in [0.2, 0.25) is 10.0 Å². The monoisotopic (exact) mass is 390 g/mol. The molecule has 1 N–H and O–H groups in total. The Hall–Kier alpha value is -2.34. The number of imide groups is 1. The number of halogens is 2. The summed E-state index contributed by atoms with van der Waals surface area (Å²) in [5.41, 5.74) is 1.44. The fourth-order valence-electron chi connectivity index (χ4n) is 2.90. The molecular weight excluding hydrogens is 375 g/mol. The van der Waals surface area contributed by atoms with Crippen LogP contribution in [0.1, 0.15) is 5.56 Å². The van der Waals surface area contributed by atoms with Gasteiger partial charge in [0.25, 0.3) is 11.8 Å². The molecule has 7 heteroatoms. The minimum Gasteiger partial charge on any atom is -0.395 e. The highest BCUT2D eigenvalue weighted by molar-refractivity contribution is 6.46. The molecule has 3 rings (SSSR count). The summed E-state index contributed by atoms with van der Waals surface area (Å²) in [4.78, 5) is 28.8. The molecule has 0 fully saturated rings. The minimum atomic E-state index is -0.483. The second-order valence-corrected chi connectivity index (χ2v) is 6.68. The van der Waals surface area contributed by atoms with Crippen molar-refractivity contribution in [3.05, 3.63) is 69.8 Å². The SMILES string of the molecule is CN(CCO)C1=C(c2ccccc2)C(=O)N(c2cc(Cl)cc(Cl)c2)C1=O. The number of aliphatic hydroxyl groups excluding tert-OH is 1. The highest BCUT2D eigenvalue weighted by Gasteiger charge is 2.41. The van der Waals surface area contributed by atoms with E-state index in [-0.39, 0.29) is 24.4 Å². The van der Waals surface area contributed by atoms with Gasteiger partial charge in [-0.3, -0.25) is 9.59 Å². The second kappa shape index (κ2) is 7.50. The Balaban J connectivity index is 2.14. The van der Waals surface area contributed by atoms with Crippen molar-refractivity contribution in [3.63, 3.8) is 0 Å². The third kappa shape index (κ3) is 3.33. The summed E-state index contributed by atoms with van der Waals surface area (Å²) in [5, 5.41) is 9.90. The highest BCUT2D eigenvalue weighted by atomic mass is 35.5. The van der Waals surface area contributed by atoms with E-state index in [1.54, 1.807) is 36.2 Å². The molecule has 0 atom stereocenters. The van der Waals surface area contributed by atoms with Crippen LogP contribution < -0.4 is 4.90 Å². The van der Waals surface area contributed by atoms with Gasteiger partial charge in [-0.05, 0) is 23.8 Å². The van der Waals surface area contributed by atoms with Gasteiger partial charge in [0, 0.05) is 23.6 Å². The van der Waals surface area contributed by atoms with Gasteiger partial charge < -0.3 is 10.0 Å². The molecule has 2 aromatic rings. The van der Waals surface area contributed by atoms with Crippen molar-refractivity contribution >= 4 is 46.3 Å². The summed E-state index contributed by atoms with van der Waals surface area (Å²) in [6.45, 7) is 0.0708. The number of rotatable bonds is 5. The molecule has 1 aliphatic rings. The molecule has 0 spiro atoms. The number of anilines is 1. The van der Waals surface area contributed by atoms with E-state index in [2.05, 4.69) is 0 Å². The molecule has 134 valence electrons. The van der Waals surface area contributed by atoms with E-state index >= 15 is 0 Å². The largest absolute Gasteiger partial charge is 0.395 e. The first-order valence-electron chi connectivity index (χ1n) is 7.90. The molecule has 0 unspecified atom stereocenters. The number of nitrogens with zero attached hydrogens (tertiary/aromatic N) is 2. The molecule has 0 saturated heterocycles. The van der Waals surface area contributed by atoms with E-state index in [4.69, 9.17) is 23.2 Å². The lowest BCUT2D eigenvalue weighted by atomic mass is 10.0. The Bertz CT molecular complexity index is 877. The van der Waals surface area contributed by atoms with Crippen molar-refractivity contribution in [1.29, 1.82) is 0 Å². The average molecular weight is 391 g/mol. The van der Waals surface area contributed by atoms with Crippen LogP contribution in [0.5, 0.6) is 0 Å². The summed E-state index contributed by atoms with van der Waals surface area (Å²) in [6.07, 6.45) is 0. The zero-order valence-corrected chi connectivity index (χ0v) is 15.5. The number of hydrogen-bond acceptors (Lipinski definition) is 4. The molecule has 5 nitrogen and oxygen atoms in total. The normalized spacial score (nSPS) is 14.4. The van der Waals surface area contributed by atoms with Gasteiger partial charge in [-0.1, -0.05) is 53.5 Å². The van der Waals surface area contributed by atoms with E-state index in [1.165, 1.54) is 18.2 Å². The van der Waals surface area contributed by atoms with Gasteiger partial charge in [0.05, 0.1) is 17.9 Å². The first kappa shape index (κ1) is 18.5. The third-order valence-electron chi connectivity index (χ3n) is 4.04. The van der Waals surface area contributed by atoms with E-state index in [0.717, 1.165) is 4.90 Å². The number of benzene rings is 2. The first-order valence-corrected chi connectivity index (χ1v) is 8.66. The maximum Gasteiger partial charge on any atom is 0.282 e. The van der Waals surface area contributed by atoms with E-state index in [9.17, 15) is 14.7 Å². The lowest BCUT2D eigenvalue weighted by molar-refractivity contribution is -0.120. The molecule has 2 aromatic carbocycles. The van der Waals surface area contributed by atoms with E-state index < -0.39 is 11.8 Å². The van der Waals surface area contributed by atoms with E-state index in [0.29, 0.717) is 21.3 Å². The number of amides is 2. The van der Waals surface area contributed by atoms with Crippen molar-refractivity contribution in [1.82, 2.24) is 4.90 Å². The molecule has 0 radical (unpaired) electrons. The maximum absolute atomic E-state index is 13.1. The van der Waals surface area contributed by atoms with Crippen LogP contribution in [-0.4, -0.2) is 42.0 Å². The van der Waals surface area contributed by atoms with Gasteiger partial charge in [0.1, 0.15) is 5.70 Å². The quantitative estimate of drug-likeness (QED) is 0.796. The Morgan fingerprint density at radius 2 is 1.62 bits per heavy atom. The van der Waals surface area contributed by atoms with Gasteiger partial charge in [-0.15, -0.1) is 0 Å². The predicted octanol–water partition coefficient (Wildman–Crippen LogP) is 3.20. The highest BCUT2D eigenvalue weighted by Crippen LogP contribution is 2.36. The topological polar surface area (TPSA) is 60.9 Å². The van der Waals surface area contributed by atoms with Gasteiger partial charge in [-0.2, -0.15) is 0 Å². The van der Waals surface area contributed by atoms with Crippen molar-refractivity contribution in [2.45, 2.75) is 0 Å². The van der Waals surface area contributed by atoms with Crippen LogP contribution in [-0.2, 0) is 9.59 Å². The van der Waals surface area contributed by atoms with E-state index in [1.807, 2.05) is 6.07 Å². The summed E-state index contributed by atoms with van der Waals surface area (Å²) in [6, 6.07) is 13.5. The fraction of sp³-hybridized carbons (Fsp3) is 0.158. The summed E-state index contributed by atoms with van der Waals surface area (Å²) in [7, 11) is 1.66. The zero-order chi connectivity index (χ0) is 18.8. The van der Waals surface area contributed by atoms with Crippen LogP contribution in [0.3, 0.4) is 0 Å². The van der Waals surface area contributed by atoms with Gasteiger partial charge in [0.2, 0.25) is 0 Å². The van der Waals surface area contributed by atoms with Crippen molar-refractivity contribution < 1.29 is 14.7 Å². The molecule has 0 aliphatic carbocycles. The molecule has 0 saturated carbocycles. The van der Waals surface area contributed by atoms with Crippen LogP contribution in [0, 0.1) is 0 Å². The predicted molar refractivity (Wildman–Crippen MR) is 102 cm³/mol. The van der Waals surface area contributed by atoms with Crippen molar-refractivity contribution in [3.8, 4) is 0 Å². The Morgan fingerprint density at radius 1 is 1.00 bits per heavy atom. The lowest BCUT2D eigenvalue weighted by Gasteiger charge is -2.20. The number of hydrogen-bond donors (Lipinski definition) is 1. The Kier molecular flexibility index (Phi) is 5.32. The fourth-order valence-corrected chi connectivity index (χ4v) is 3.42. The minimum absolute atomic E-state index is 0.146. The molecule has 0 bridgehead atoms. The molecule has 1 heterocycles.